The van der Waals surface area contributed by atoms with E-state index in [0.717, 1.165) is 0 Å². The molecule has 0 bridgehead atoms. The van der Waals surface area contributed by atoms with Crippen LogP contribution in [0.3, 0.4) is 0 Å². The van der Waals surface area contributed by atoms with E-state index in [1.54, 1.807) is 27.7 Å². The second kappa shape index (κ2) is 4.72. The topological polar surface area (TPSA) is 55.8 Å². The van der Waals surface area contributed by atoms with Gasteiger partial charge in [-0.05, 0) is 27.7 Å². The standard InChI is InChI=1S/C11H18ClNO4/c1-10(2,3)17-9(15)13-6-5-11(4,7-13)16-8(12)14/h5-7H2,1-4H3. The molecule has 1 fully saturated rings. The highest BCUT2D eigenvalue weighted by Crippen LogP contribution is 2.27. The first-order valence-corrected chi connectivity index (χ1v) is 5.85. The highest BCUT2D eigenvalue weighted by atomic mass is 35.5. The summed E-state index contributed by atoms with van der Waals surface area (Å²) >= 11 is 5.19. The molecule has 1 amide bonds. The van der Waals surface area contributed by atoms with Crippen molar-refractivity contribution in [3.63, 3.8) is 0 Å². The quantitative estimate of drug-likeness (QED) is 0.683. The van der Waals surface area contributed by atoms with Gasteiger partial charge in [0, 0.05) is 24.6 Å². The van der Waals surface area contributed by atoms with Crippen LogP contribution >= 0.6 is 11.6 Å². The van der Waals surface area contributed by atoms with Crippen molar-refractivity contribution in [3.05, 3.63) is 0 Å². The highest BCUT2D eigenvalue weighted by Gasteiger charge is 2.40. The van der Waals surface area contributed by atoms with Crippen LogP contribution in [0, 0.1) is 0 Å². The number of amides is 1. The van der Waals surface area contributed by atoms with Gasteiger partial charge in [0.25, 0.3) is 0 Å². The molecular formula is C11H18ClNO4. The average Bonchev–Trinajstić information content (AvgIpc) is 2.43. The van der Waals surface area contributed by atoms with Gasteiger partial charge < -0.3 is 14.4 Å². The lowest BCUT2D eigenvalue weighted by Gasteiger charge is -2.26. The Kier molecular flexibility index (Phi) is 3.91. The number of rotatable bonds is 1. The van der Waals surface area contributed by atoms with E-state index in [1.807, 2.05) is 0 Å². The minimum atomic E-state index is -0.849. The van der Waals surface area contributed by atoms with Crippen LogP contribution in [-0.2, 0) is 9.47 Å². The number of hydrogen-bond donors (Lipinski definition) is 0. The largest absolute Gasteiger partial charge is 0.445 e. The van der Waals surface area contributed by atoms with Gasteiger partial charge in [-0.2, -0.15) is 0 Å². The highest BCUT2D eigenvalue weighted by molar-refractivity contribution is 6.61. The summed E-state index contributed by atoms with van der Waals surface area (Å²) in [5.41, 5.74) is -2.09. The third kappa shape index (κ3) is 4.42. The van der Waals surface area contributed by atoms with Gasteiger partial charge >= 0.3 is 11.5 Å². The molecule has 0 aromatic carbocycles. The van der Waals surface area contributed by atoms with Gasteiger partial charge in [-0.15, -0.1) is 0 Å². The fourth-order valence-corrected chi connectivity index (χ4v) is 1.88. The summed E-state index contributed by atoms with van der Waals surface area (Å²) in [6.07, 6.45) is 0.164. The van der Waals surface area contributed by atoms with Crippen LogP contribution in [0.1, 0.15) is 34.1 Å². The molecule has 1 unspecified atom stereocenters. The van der Waals surface area contributed by atoms with Gasteiger partial charge in [-0.1, -0.05) is 0 Å². The van der Waals surface area contributed by atoms with Gasteiger partial charge in [0.05, 0.1) is 6.54 Å². The SMILES string of the molecule is CC(C)(C)OC(=O)N1CCC(C)(OC(=O)Cl)C1. The zero-order valence-corrected chi connectivity index (χ0v) is 11.3. The molecule has 0 aliphatic carbocycles. The monoisotopic (exact) mass is 263 g/mol. The van der Waals surface area contributed by atoms with Gasteiger partial charge in [-0.3, -0.25) is 0 Å². The van der Waals surface area contributed by atoms with E-state index in [1.165, 1.54) is 4.90 Å². The Bertz CT molecular complexity index is 326. The van der Waals surface area contributed by atoms with Gasteiger partial charge in [0.15, 0.2) is 0 Å². The molecule has 0 spiro atoms. The first-order chi connectivity index (χ1) is 7.61. The molecule has 0 aromatic rings. The average molecular weight is 264 g/mol. The van der Waals surface area contributed by atoms with E-state index in [4.69, 9.17) is 21.1 Å². The third-order valence-corrected chi connectivity index (χ3v) is 2.49. The molecule has 0 N–H and O–H groups in total. The number of ether oxygens (including phenoxy) is 2. The van der Waals surface area contributed by atoms with E-state index in [9.17, 15) is 9.59 Å². The van der Waals surface area contributed by atoms with Crippen molar-refractivity contribution in [2.45, 2.75) is 45.3 Å². The van der Waals surface area contributed by atoms with Crippen LogP contribution in [0.2, 0.25) is 0 Å². The summed E-state index contributed by atoms with van der Waals surface area (Å²) in [4.78, 5) is 24.0. The molecule has 17 heavy (non-hydrogen) atoms. The molecule has 98 valence electrons. The van der Waals surface area contributed by atoms with Gasteiger partial charge in [0.1, 0.15) is 11.2 Å². The summed E-state index contributed by atoms with van der Waals surface area (Å²) in [6.45, 7) is 7.96. The maximum atomic E-state index is 11.8. The van der Waals surface area contributed by atoms with E-state index in [2.05, 4.69) is 0 Å². The Morgan fingerprint density at radius 1 is 1.35 bits per heavy atom. The minimum absolute atomic E-state index is 0.306. The molecule has 1 aliphatic rings. The van der Waals surface area contributed by atoms with Crippen LogP contribution in [0.15, 0.2) is 0 Å². The Morgan fingerprint density at radius 2 is 1.94 bits per heavy atom. The summed E-state index contributed by atoms with van der Waals surface area (Å²) < 4.78 is 10.2. The van der Waals surface area contributed by atoms with Crippen LogP contribution in [0.5, 0.6) is 0 Å². The molecule has 1 rings (SSSR count). The normalized spacial score (nSPS) is 24.6. The lowest BCUT2D eigenvalue weighted by atomic mass is 10.1. The molecule has 0 aromatic heterocycles. The van der Waals surface area contributed by atoms with Gasteiger partial charge in [0.2, 0.25) is 0 Å². The predicted octanol–water partition coefficient (Wildman–Crippen LogP) is 2.76. The fraction of sp³-hybridized carbons (Fsp3) is 0.818. The zero-order chi connectivity index (χ0) is 13.3. The Labute approximate surface area is 106 Å². The van der Waals surface area contributed by atoms with Crippen molar-refractivity contribution in [3.8, 4) is 0 Å². The van der Waals surface area contributed by atoms with Crippen molar-refractivity contribution in [2.75, 3.05) is 13.1 Å². The first kappa shape index (κ1) is 14.1. The van der Waals surface area contributed by atoms with Crippen molar-refractivity contribution in [2.24, 2.45) is 0 Å². The number of likely N-dealkylation sites (tertiary alicyclic amines) is 1. The fourth-order valence-electron chi connectivity index (χ4n) is 1.69. The van der Waals surface area contributed by atoms with Crippen molar-refractivity contribution in [1.29, 1.82) is 0 Å². The van der Waals surface area contributed by atoms with Crippen molar-refractivity contribution < 1.29 is 19.1 Å². The van der Waals surface area contributed by atoms with Crippen LogP contribution in [0.25, 0.3) is 0 Å². The minimum Gasteiger partial charge on any atom is -0.445 e. The molecule has 6 heteroatoms. The number of carbonyl (C=O) groups is 2. The lowest BCUT2D eigenvalue weighted by Crippen LogP contribution is -2.39. The van der Waals surface area contributed by atoms with Gasteiger partial charge in [-0.25, -0.2) is 9.59 Å². The number of hydrogen-bond acceptors (Lipinski definition) is 4. The van der Waals surface area contributed by atoms with Crippen LogP contribution in [-0.4, -0.2) is 40.7 Å². The summed E-state index contributed by atoms with van der Waals surface area (Å²) in [5.74, 6) is 0. The van der Waals surface area contributed by atoms with E-state index >= 15 is 0 Å². The summed E-state index contributed by atoms with van der Waals surface area (Å²) in [7, 11) is 0. The van der Waals surface area contributed by atoms with E-state index in [-0.39, 0.29) is 0 Å². The molecule has 0 saturated carbocycles. The molecular weight excluding hydrogens is 246 g/mol. The molecule has 1 atom stereocenters. The second-order valence-corrected chi connectivity index (χ2v) is 5.75. The Balaban J connectivity index is 2.55. The molecule has 1 heterocycles. The van der Waals surface area contributed by atoms with Crippen molar-refractivity contribution >= 4 is 23.1 Å². The lowest BCUT2D eigenvalue weighted by molar-refractivity contribution is 0.0168. The molecule has 0 radical (unpaired) electrons. The maximum Gasteiger partial charge on any atom is 0.410 e. The van der Waals surface area contributed by atoms with E-state index in [0.29, 0.717) is 19.5 Å². The number of nitrogens with zero attached hydrogens (tertiary/aromatic N) is 1. The maximum absolute atomic E-state index is 11.8. The first-order valence-electron chi connectivity index (χ1n) is 5.48. The number of carbonyl (C=O) groups excluding carboxylic acids is 2. The Morgan fingerprint density at radius 3 is 2.41 bits per heavy atom. The predicted molar refractivity (Wildman–Crippen MR) is 63.2 cm³/mol. The molecule has 1 aliphatic heterocycles. The summed E-state index contributed by atoms with van der Waals surface area (Å²) in [6, 6.07) is 0. The number of halogens is 1. The van der Waals surface area contributed by atoms with Crippen LogP contribution in [0.4, 0.5) is 9.59 Å². The molecule has 5 nitrogen and oxygen atoms in total. The third-order valence-electron chi connectivity index (χ3n) is 2.41. The summed E-state index contributed by atoms with van der Waals surface area (Å²) in [5, 5.41) is 0. The van der Waals surface area contributed by atoms with E-state index < -0.39 is 22.7 Å². The second-order valence-electron chi connectivity index (χ2n) is 5.44. The van der Waals surface area contributed by atoms with Crippen LogP contribution < -0.4 is 0 Å². The molecule has 1 saturated heterocycles. The zero-order valence-electron chi connectivity index (χ0n) is 10.6. The van der Waals surface area contributed by atoms with Crippen molar-refractivity contribution in [1.82, 2.24) is 4.90 Å². The smallest absolute Gasteiger partial charge is 0.410 e. The Hall–Kier alpha value is -0.970.